The molecule has 31 heavy (non-hydrogen) atoms. The van der Waals surface area contributed by atoms with Crippen molar-refractivity contribution in [3.8, 4) is 11.5 Å². The van der Waals surface area contributed by atoms with Crippen molar-refractivity contribution in [1.29, 1.82) is 0 Å². The summed E-state index contributed by atoms with van der Waals surface area (Å²) >= 11 is 0. The molecule has 0 aliphatic carbocycles. The standard InChI is InChI=1S/C19H16B3NO7S/c1-27-12-9-6-10-13(28-2)14(12)18(20)16(24)15(17(23)29-18)30-31(25,26)19(21,22)11-7-4-3-5-8-11/h3-10H,23H2,1-2H3. The van der Waals surface area contributed by atoms with Crippen LogP contribution in [0.4, 0.5) is 0 Å². The van der Waals surface area contributed by atoms with Crippen LogP contribution >= 0.6 is 0 Å². The van der Waals surface area contributed by atoms with E-state index in [4.69, 9.17) is 47.7 Å². The third-order valence-corrected chi connectivity index (χ3v) is 6.12. The molecule has 0 fully saturated rings. The summed E-state index contributed by atoms with van der Waals surface area (Å²) in [6, 6.07) is 12.1. The second-order valence-corrected chi connectivity index (χ2v) is 8.34. The van der Waals surface area contributed by atoms with Gasteiger partial charge in [0.05, 0.1) is 40.0 Å². The minimum atomic E-state index is -4.83. The lowest BCUT2D eigenvalue weighted by Gasteiger charge is -2.28. The summed E-state index contributed by atoms with van der Waals surface area (Å²) in [7, 11) is 15.7. The maximum atomic E-state index is 13.1. The van der Waals surface area contributed by atoms with Gasteiger partial charge in [-0.2, -0.15) is 8.42 Å². The largest absolute Gasteiger partial charge is 0.496 e. The smallest absolute Gasteiger partial charge is 0.302 e. The van der Waals surface area contributed by atoms with Crippen LogP contribution in [0.2, 0.25) is 0 Å². The van der Waals surface area contributed by atoms with E-state index in [-0.39, 0.29) is 22.6 Å². The van der Waals surface area contributed by atoms with Crippen LogP contribution in [0.5, 0.6) is 11.5 Å². The van der Waals surface area contributed by atoms with Crippen molar-refractivity contribution in [2.45, 2.75) is 10.0 Å². The first-order chi connectivity index (χ1) is 14.5. The van der Waals surface area contributed by atoms with Gasteiger partial charge in [-0.3, -0.25) is 4.79 Å². The molecule has 6 radical (unpaired) electrons. The number of ether oxygens (including phenoxy) is 3. The molecule has 2 aromatic carbocycles. The van der Waals surface area contributed by atoms with Gasteiger partial charge in [-0.1, -0.05) is 36.4 Å². The van der Waals surface area contributed by atoms with Crippen LogP contribution in [-0.2, 0) is 33.9 Å². The minimum absolute atomic E-state index is 0.0150. The zero-order chi connectivity index (χ0) is 23.0. The van der Waals surface area contributed by atoms with Crippen molar-refractivity contribution in [1.82, 2.24) is 0 Å². The van der Waals surface area contributed by atoms with Gasteiger partial charge in [0, 0.05) is 0 Å². The maximum Gasteiger partial charge on any atom is 0.302 e. The fourth-order valence-corrected chi connectivity index (χ4v) is 3.97. The van der Waals surface area contributed by atoms with Crippen molar-refractivity contribution in [2.24, 2.45) is 5.73 Å². The number of hydrogen-bond acceptors (Lipinski definition) is 8. The second kappa shape index (κ2) is 7.92. The normalized spacial score (nSPS) is 19.1. The molecule has 1 aliphatic rings. The van der Waals surface area contributed by atoms with Crippen LogP contribution in [0.25, 0.3) is 0 Å². The van der Waals surface area contributed by atoms with Gasteiger partial charge < -0.3 is 24.1 Å². The van der Waals surface area contributed by atoms with Gasteiger partial charge in [-0.05, 0) is 17.7 Å². The highest BCUT2D eigenvalue weighted by Gasteiger charge is 2.52. The summed E-state index contributed by atoms with van der Waals surface area (Å²) in [6.45, 7) is 0. The molecule has 3 rings (SSSR count). The number of methoxy groups -OCH3 is 2. The van der Waals surface area contributed by atoms with Gasteiger partial charge in [-0.25, -0.2) is 0 Å². The fraction of sp³-hybridized carbons (Fsp3) is 0.211. The Morgan fingerprint density at radius 1 is 1.00 bits per heavy atom. The van der Waals surface area contributed by atoms with Crippen molar-refractivity contribution in [3.63, 3.8) is 0 Å². The second-order valence-electron chi connectivity index (χ2n) is 6.59. The molecular weight excluding hydrogens is 419 g/mol. The molecule has 0 aromatic heterocycles. The van der Waals surface area contributed by atoms with E-state index in [2.05, 4.69) is 0 Å². The molecule has 0 spiro atoms. The minimum Gasteiger partial charge on any atom is -0.496 e. The van der Waals surface area contributed by atoms with Crippen LogP contribution in [0.1, 0.15) is 11.1 Å². The maximum absolute atomic E-state index is 13.1. The van der Waals surface area contributed by atoms with Gasteiger partial charge >= 0.3 is 10.1 Å². The molecule has 0 bridgehead atoms. The van der Waals surface area contributed by atoms with Crippen LogP contribution in [0.3, 0.4) is 0 Å². The Kier molecular flexibility index (Phi) is 5.79. The molecule has 0 saturated carbocycles. The average molecular weight is 435 g/mol. The first-order valence-corrected chi connectivity index (χ1v) is 10.2. The summed E-state index contributed by atoms with van der Waals surface area (Å²) in [4.78, 5) is 13.1. The topological polar surface area (TPSA) is 114 Å². The Bertz CT molecular complexity index is 1130. The van der Waals surface area contributed by atoms with Crippen molar-refractivity contribution in [2.75, 3.05) is 14.2 Å². The van der Waals surface area contributed by atoms with Gasteiger partial charge in [-0.15, -0.1) is 0 Å². The summed E-state index contributed by atoms with van der Waals surface area (Å²) in [5, 5.41) is 0. The number of nitrogens with two attached hydrogens (primary N) is 1. The lowest BCUT2D eigenvalue weighted by atomic mass is 9.65. The first-order valence-electron chi connectivity index (χ1n) is 8.80. The summed E-state index contributed by atoms with van der Waals surface area (Å²) in [5.41, 5.74) is 3.48. The Labute approximate surface area is 184 Å². The Balaban J connectivity index is 2.01. The number of benzene rings is 2. The molecule has 1 aliphatic heterocycles. The van der Waals surface area contributed by atoms with Gasteiger partial charge in [0.2, 0.25) is 17.4 Å². The Hall–Kier alpha value is -3.01. The summed E-state index contributed by atoms with van der Waals surface area (Å²) in [6.07, 6.45) is 0. The first kappa shape index (κ1) is 22.7. The number of carbonyl (C=O) groups excluding carboxylic acids is 1. The molecular formula is C19H16B3NO7S. The zero-order valence-electron chi connectivity index (χ0n) is 16.7. The molecule has 2 N–H and O–H groups in total. The van der Waals surface area contributed by atoms with Gasteiger partial charge in [0.15, 0.2) is 13.3 Å². The summed E-state index contributed by atoms with van der Waals surface area (Å²) in [5.74, 6) is -2.36. The lowest BCUT2D eigenvalue weighted by Crippen LogP contribution is -2.40. The highest BCUT2D eigenvalue weighted by atomic mass is 32.2. The van der Waals surface area contributed by atoms with Crippen molar-refractivity contribution >= 4 is 39.4 Å². The predicted molar refractivity (Wildman–Crippen MR) is 114 cm³/mol. The van der Waals surface area contributed by atoms with E-state index in [1.165, 1.54) is 50.6 Å². The highest BCUT2D eigenvalue weighted by molar-refractivity contribution is 7.90. The van der Waals surface area contributed by atoms with Crippen LogP contribution in [0.15, 0.2) is 60.2 Å². The highest BCUT2D eigenvalue weighted by Crippen LogP contribution is 2.45. The lowest BCUT2D eigenvalue weighted by molar-refractivity contribution is -0.126. The van der Waals surface area contributed by atoms with E-state index < -0.39 is 37.6 Å². The molecule has 154 valence electrons. The summed E-state index contributed by atoms with van der Waals surface area (Å²) < 4.78 is 44.0. The third kappa shape index (κ3) is 3.65. The van der Waals surface area contributed by atoms with Crippen LogP contribution in [-0.4, -0.2) is 52.0 Å². The van der Waals surface area contributed by atoms with Gasteiger partial charge in [0.25, 0.3) is 0 Å². The van der Waals surface area contributed by atoms with E-state index in [9.17, 15) is 13.2 Å². The Morgan fingerprint density at radius 3 is 2.06 bits per heavy atom. The molecule has 1 atom stereocenters. The van der Waals surface area contributed by atoms with E-state index >= 15 is 0 Å². The van der Waals surface area contributed by atoms with Gasteiger partial charge in [0.1, 0.15) is 11.5 Å². The van der Waals surface area contributed by atoms with E-state index in [0.717, 1.165) is 0 Å². The molecule has 1 unspecified atom stereocenters. The van der Waals surface area contributed by atoms with Crippen LogP contribution < -0.4 is 15.2 Å². The Morgan fingerprint density at radius 2 is 1.55 bits per heavy atom. The zero-order valence-corrected chi connectivity index (χ0v) is 17.5. The van der Waals surface area contributed by atoms with E-state index in [1.807, 2.05) is 0 Å². The van der Waals surface area contributed by atoms with Crippen LogP contribution in [0, 0.1) is 0 Å². The molecule has 12 heteroatoms. The molecule has 2 aromatic rings. The molecule has 0 saturated heterocycles. The number of rotatable bonds is 7. The molecule has 1 heterocycles. The number of Topliss-reactive ketones (excluding diaryl/α,β-unsaturated/α-hetero) is 1. The number of carbonyl (C=O) groups is 1. The predicted octanol–water partition coefficient (Wildman–Crippen LogP) is 0.246. The van der Waals surface area contributed by atoms with E-state index in [1.54, 1.807) is 12.1 Å². The van der Waals surface area contributed by atoms with Crippen molar-refractivity contribution < 1.29 is 31.6 Å². The monoisotopic (exact) mass is 435 g/mol. The quantitative estimate of drug-likeness (QED) is 0.487. The number of ketones is 1. The fourth-order valence-electron chi connectivity index (χ4n) is 3.03. The molecule has 0 amide bonds. The van der Waals surface area contributed by atoms with E-state index in [0.29, 0.717) is 0 Å². The van der Waals surface area contributed by atoms with Crippen molar-refractivity contribution in [3.05, 3.63) is 71.3 Å². The third-order valence-electron chi connectivity index (χ3n) is 4.67. The SMILES string of the molecule is [B]C1(c2c(OC)cccc2OC)OC(N)=C(OS(=O)(=O)C([B])([B])c2ccccc2)C1=O. The number of hydrogen-bond donors (Lipinski definition) is 1. The molecule has 8 nitrogen and oxygen atoms in total. The average Bonchev–Trinajstić information content (AvgIpc) is 2.96.